The number of thiazole rings is 1. The van der Waals surface area contributed by atoms with Crippen molar-refractivity contribution in [1.82, 2.24) is 4.98 Å². The van der Waals surface area contributed by atoms with Gasteiger partial charge in [-0.05, 0) is 32.9 Å². The summed E-state index contributed by atoms with van der Waals surface area (Å²) in [7, 11) is 0. The van der Waals surface area contributed by atoms with E-state index in [1.807, 2.05) is 35.7 Å². The molecule has 0 aliphatic heterocycles. The van der Waals surface area contributed by atoms with Gasteiger partial charge in [-0.3, -0.25) is 4.79 Å². The van der Waals surface area contributed by atoms with Crippen LogP contribution in [-0.4, -0.2) is 16.4 Å². The number of carbonyl (C=O) groups excluding carboxylic acids is 1. The summed E-state index contributed by atoms with van der Waals surface area (Å²) >= 11 is 1.33. The van der Waals surface area contributed by atoms with Crippen LogP contribution < -0.4 is 10.6 Å². The first-order valence-electron chi connectivity index (χ1n) is 6.04. The molecule has 0 radical (unpaired) electrons. The van der Waals surface area contributed by atoms with Crippen LogP contribution in [0.15, 0.2) is 35.7 Å². The fraction of sp³-hybridized carbons (Fsp3) is 0.286. The zero-order valence-corrected chi connectivity index (χ0v) is 12.0. The van der Waals surface area contributed by atoms with E-state index >= 15 is 0 Å². The van der Waals surface area contributed by atoms with Gasteiger partial charge in [0.1, 0.15) is 5.82 Å². The third-order valence-corrected chi connectivity index (χ3v) is 3.07. The number of aromatic nitrogens is 1. The first kappa shape index (κ1) is 13.5. The fourth-order valence-electron chi connectivity index (χ4n) is 1.53. The SMILES string of the molecule is CC(C)(C)Nc1csc(C(=O)Nc2ccccc2)n1. The van der Waals surface area contributed by atoms with E-state index in [4.69, 9.17) is 0 Å². The van der Waals surface area contributed by atoms with Crippen LogP contribution in [0.25, 0.3) is 0 Å². The summed E-state index contributed by atoms with van der Waals surface area (Å²) in [5.74, 6) is 0.550. The second-order valence-electron chi connectivity index (χ2n) is 5.23. The van der Waals surface area contributed by atoms with E-state index in [1.54, 1.807) is 0 Å². The summed E-state index contributed by atoms with van der Waals surface area (Å²) in [5.41, 5.74) is 0.703. The number of nitrogens with one attached hydrogen (secondary N) is 2. The molecule has 0 aliphatic rings. The normalized spacial score (nSPS) is 11.1. The Hall–Kier alpha value is -1.88. The Morgan fingerprint density at radius 3 is 2.53 bits per heavy atom. The minimum absolute atomic E-state index is 0.0682. The predicted molar refractivity (Wildman–Crippen MR) is 79.9 cm³/mol. The molecule has 1 amide bonds. The van der Waals surface area contributed by atoms with Crippen molar-refractivity contribution in [2.75, 3.05) is 10.6 Å². The molecule has 0 atom stereocenters. The monoisotopic (exact) mass is 275 g/mol. The Morgan fingerprint density at radius 2 is 1.89 bits per heavy atom. The molecule has 1 aromatic carbocycles. The van der Waals surface area contributed by atoms with Crippen molar-refractivity contribution >= 4 is 28.7 Å². The van der Waals surface area contributed by atoms with Gasteiger partial charge < -0.3 is 10.6 Å². The maximum Gasteiger partial charge on any atom is 0.284 e. The van der Waals surface area contributed by atoms with Crippen LogP contribution in [0.5, 0.6) is 0 Å². The molecule has 0 unspecified atom stereocenters. The Bertz CT molecular complexity index is 558. The van der Waals surface area contributed by atoms with Crippen molar-refractivity contribution in [3.05, 3.63) is 40.7 Å². The molecule has 0 spiro atoms. The largest absolute Gasteiger partial charge is 0.365 e. The summed E-state index contributed by atoms with van der Waals surface area (Å²) < 4.78 is 0. The van der Waals surface area contributed by atoms with Gasteiger partial charge in [-0.15, -0.1) is 11.3 Å². The van der Waals surface area contributed by atoms with Crippen LogP contribution in [0.3, 0.4) is 0 Å². The zero-order chi connectivity index (χ0) is 13.9. The van der Waals surface area contributed by atoms with Crippen LogP contribution in [0, 0.1) is 0 Å². The summed E-state index contributed by atoms with van der Waals surface area (Å²) in [5, 5.41) is 8.36. The number of para-hydroxylation sites is 1. The Kier molecular flexibility index (Phi) is 3.85. The Labute approximate surface area is 116 Å². The number of hydrogen-bond donors (Lipinski definition) is 2. The highest BCUT2D eigenvalue weighted by molar-refractivity contribution is 7.12. The van der Waals surface area contributed by atoms with E-state index in [0.717, 1.165) is 11.5 Å². The van der Waals surface area contributed by atoms with Gasteiger partial charge in [0.2, 0.25) is 0 Å². The van der Waals surface area contributed by atoms with Gasteiger partial charge in [0, 0.05) is 16.6 Å². The summed E-state index contributed by atoms with van der Waals surface area (Å²) in [6.07, 6.45) is 0. The van der Waals surface area contributed by atoms with E-state index in [9.17, 15) is 4.79 Å². The second-order valence-corrected chi connectivity index (χ2v) is 6.09. The minimum Gasteiger partial charge on any atom is -0.365 e. The summed E-state index contributed by atoms with van der Waals surface area (Å²) in [6.45, 7) is 6.15. The van der Waals surface area contributed by atoms with Gasteiger partial charge in [0.05, 0.1) is 0 Å². The van der Waals surface area contributed by atoms with Gasteiger partial charge in [0.15, 0.2) is 5.01 Å². The maximum atomic E-state index is 12.0. The van der Waals surface area contributed by atoms with Gasteiger partial charge in [0.25, 0.3) is 5.91 Å². The predicted octanol–water partition coefficient (Wildman–Crippen LogP) is 3.61. The lowest BCUT2D eigenvalue weighted by atomic mass is 10.1. The molecule has 2 rings (SSSR count). The number of rotatable bonds is 3. The topological polar surface area (TPSA) is 54.0 Å². The van der Waals surface area contributed by atoms with Crippen LogP contribution in [-0.2, 0) is 0 Å². The molecule has 0 bridgehead atoms. The molecule has 1 heterocycles. The average molecular weight is 275 g/mol. The maximum absolute atomic E-state index is 12.0. The van der Waals surface area contributed by atoms with E-state index in [0.29, 0.717) is 5.01 Å². The minimum atomic E-state index is -0.182. The summed E-state index contributed by atoms with van der Waals surface area (Å²) in [4.78, 5) is 16.3. The number of anilines is 2. The Balaban J connectivity index is 2.04. The second kappa shape index (κ2) is 5.40. The van der Waals surface area contributed by atoms with E-state index in [-0.39, 0.29) is 11.4 Å². The van der Waals surface area contributed by atoms with Crippen LogP contribution in [0.4, 0.5) is 11.5 Å². The van der Waals surface area contributed by atoms with Crippen LogP contribution in [0.2, 0.25) is 0 Å². The van der Waals surface area contributed by atoms with Crippen molar-refractivity contribution in [3.63, 3.8) is 0 Å². The lowest BCUT2D eigenvalue weighted by molar-refractivity contribution is 0.102. The molecule has 0 fully saturated rings. The highest BCUT2D eigenvalue weighted by Gasteiger charge is 2.15. The molecule has 0 saturated heterocycles. The van der Waals surface area contributed by atoms with Gasteiger partial charge in [-0.1, -0.05) is 18.2 Å². The highest BCUT2D eigenvalue weighted by atomic mass is 32.1. The lowest BCUT2D eigenvalue weighted by Gasteiger charge is -2.19. The molecule has 2 N–H and O–H groups in total. The number of benzene rings is 1. The quantitative estimate of drug-likeness (QED) is 0.899. The number of nitrogens with zero attached hydrogens (tertiary/aromatic N) is 1. The molecule has 4 nitrogen and oxygen atoms in total. The van der Waals surface area contributed by atoms with Crippen LogP contribution >= 0.6 is 11.3 Å². The third-order valence-electron chi connectivity index (χ3n) is 2.23. The van der Waals surface area contributed by atoms with Crippen LogP contribution in [0.1, 0.15) is 30.6 Å². The molecule has 1 aromatic heterocycles. The molecule has 100 valence electrons. The number of hydrogen-bond acceptors (Lipinski definition) is 4. The first-order valence-corrected chi connectivity index (χ1v) is 6.92. The lowest BCUT2D eigenvalue weighted by Crippen LogP contribution is -2.26. The van der Waals surface area contributed by atoms with Gasteiger partial charge >= 0.3 is 0 Å². The van der Waals surface area contributed by atoms with Gasteiger partial charge in [-0.25, -0.2) is 4.98 Å². The number of amides is 1. The van der Waals surface area contributed by atoms with Crippen molar-refractivity contribution in [2.45, 2.75) is 26.3 Å². The molecular formula is C14H17N3OS. The third kappa shape index (κ3) is 4.06. The van der Waals surface area contributed by atoms with E-state index < -0.39 is 0 Å². The molecule has 0 saturated carbocycles. The smallest absolute Gasteiger partial charge is 0.284 e. The van der Waals surface area contributed by atoms with Crippen molar-refractivity contribution in [2.24, 2.45) is 0 Å². The first-order chi connectivity index (χ1) is 8.94. The highest BCUT2D eigenvalue weighted by Crippen LogP contribution is 2.19. The van der Waals surface area contributed by atoms with Crippen molar-refractivity contribution in [3.8, 4) is 0 Å². The van der Waals surface area contributed by atoms with Gasteiger partial charge in [-0.2, -0.15) is 0 Å². The molecule has 0 aliphatic carbocycles. The molecular weight excluding hydrogens is 258 g/mol. The molecule has 5 heteroatoms. The van der Waals surface area contributed by atoms with Crippen molar-refractivity contribution in [1.29, 1.82) is 0 Å². The van der Waals surface area contributed by atoms with E-state index in [2.05, 4.69) is 36.4 Å². The van der Waals surface area contributed by atoms with Crippen molar-refractivity contribution < 1.29 is 4.79 Å². The molecule has 19 heavy (non-hydrogen) atoms. The fourth-order valence-corrected chi connectivity index (χ4v) is 2.17. The van der Waals surface area contributed by atoms with E-state index in [1.165, 1.54) is 11.3 Å². The summed E-state index contributed by atoms with van der Waals surface area (Å²) in [6, 6.07) is 9.36. The standard InChI is InChI=1S/C14H17N3OS/c1-14(2,3)17-11-9-19-13(16-11)12(18)15-10-7-5-4-6-8-10/h4-9,17H,1-3H3,(H,15,18). The molecule has 2 aromatic rings. The Morgan fingerprint density at radius 1 is 1.21 bits per heavy atom. The number of carbonyl (C=O) groups is 1. The zero-order valence-electron chi connectivity index (χ0n) is 11.2. The average Bonchev–Trinajstić information content (AvgIpc) is 2.76.